The Morgan fingerprint density at radius 2 is 1.68 bits per heavy atom. The molecule has 25 heavy (non-hydrogen) atoms. The third kappa shape index (κ3) is 3.84. The smallest absolute Gasteiger partial charge is 0.288 e. The van der Waals surface area contributed by atoms with Gasteiger partial charge >= 0.3 is 0 Å². The van der Waals surface area contributed by atoms with Crippen LogP contribution in [0, 0.1) is 0 Å². The number of nitrogens with one attached hydrogen (secondary N) is 1. The molecule has 0 aliphatic heterocycles. The first-order chi connectivity index (χ1) is 12.2. The van der Waals surface area contributed by atoms with Gasteiger partial charge in [0.05, 0.1) is 5.69 Å². The lowest BCUT2D eigenvalue weighted by molar-refractivity contribution is -0.127. The molecule has 1 amide bonds. The van der Waals surface area contributed by atoms with E-state index in [1.807, 2.05) is 54.6 Å². The number of benzene rings is 3. The van der Waals surface area contributed by atoms with Crippen molar-refractivity contribution in [2.45, 2.75) is 0 Å². The number of phenolic OH excluding ortho intramolecular Hbond substituents is 1. The summed E-state index contributed by atoms with van der Waals surface area (Å²) in [5, 5.41) is 12.3. The first-order valence-corrected chi connectivity index (χ1v) is 7.59. The molecule has 0 aromatic heterocycles. The number of carbonyl (C=O) groups is 2. The summed E-state index contributed by atoms with van der Waals surface area (Å²) in [4.78, 5) is 21.5. The Morgan fingerprint density at radius 3 is 2.40 bits per heavy atom. The molecule has 0 unspecified atom stereocenters. The highest BCUT2D eigenvalue weighted by Crippen LogP contribution is 2.35. The fourth-order valence-electron chi connectivity index (χ4n) is 2.38. The Hall–Kier alpha value is -3.60. The first kappa shape index (κ1) is 16.3. The number of hydrogen-bond donors (Lipinski definition) is 2. The average molecular weight is 333 g/mol. The zero-order chi connectivity index (χ0) is 17.6. The molecule has 0 radical (unpaired) electrons. The van der Waals surface area contributed by atoms with E-state index >= 15 is 0 Å². The SMILES string of the molecule is O=CC(=O)Nc1ccc(Oc2ccccc2-c2ccccc2)cc1O. The summed E-state index contributed by atoms with van der Waals surface area (Å²) < 4.78 is 5.89. The minimum Gasteiger partial charge on any atom is -0.506 e. The number of anilines is 1. The van der Waals surface area contributed by atoms with Crippen molar-refractivity contribution in [2.75, 3.05) is 5.32 Å². The summed E-state index contributed by atoms with van der Waals surface area (Å²) in [6.45, 7) is 0. The molecule has 0 saturated carbocycles. The molecule has 5 heteroatoms. The monoisotopic (exact) mass is 333 g/mol. The maximum atomic E-state index is 11.1. The first-order valence-electron chi connectivity index (χ1n) is 7.59. The van der Waals surface area contributed by atoms with Gasteiger partial charge in [-0.25, -0.2) is 0 Å². The lowest BCUT2D eigenvalue weighted by Gasteiger charge is -2.12. The topological polar surface area (TPSA) is 75.6 Å². The van der Waals surface area contributed by atoms with Crippen LogP contribution in [-0.4, -0.2) is 17.3 Å². The second-order valence-electron chi connectivity index (χ2n) is 5.25. The van der Waals surface area contributed by atoms with Crippen molar-refractivity contribution < 1.29 is 19.4 Å². The molecule has 0 bridgehead atoms. The van der Waals surface area contributed by atoms with Crippen molar-refractivity contribution in [3.63, 3.8) is 0 Å². The van der Waals surface area contributed by atoms with Crippen LogP contribution in [0.3, 0.4) is 0 Å². The molecule has 3 aromatic carbocycles. The highest BCUT2D eigenvalue weighted by atomic mass is 16.5. The Labute approximate surface area is 144 Å². The number of phenols is 1. The van der Waals surface area contributed by atoms with Crippen molar-refractivity contribution in [3.05, 3.63) is 72.8 Å². The van der Waals surface area contributed by atoms with Gasteiger partial charge in [-0.1, -0.05) is 48.5 Å². The van der Waals surface area contributed by atoms with E-state index in [1.165, 1.54) is 12.1 Å². The fraction of sp³-hybridized carbons (Fsp3) is 0. The zero-order valence-electron chi connectivity index (χ0n) is 13.2. The molecular weight excluding hydrogens is 318 g/mol. The van der Waals surface area contributed by atoms with Gasteiger partial charge in [-0.2, -0.15) is 0 Å². The number of aromatic hydroxyl groups is 1. The molecule has 124 valence electrons. The van der Waals surface area contributed by atoms with Gasteiger partial charge in [0.2, 0.25) is 6.29 Å². The second-order valence-corrected chi connectivity index (χ2v) is 5.25. The number of amides is 1. The Balaban J connectivity index is 1.87. The lowest BCUT2D eigenvalue weighted by atomic mass is 10.0. The third-order valence-corrected chi connectivity index (χ3v) is 3.53. The number of para-hydroxylation sites is 1. The third-order valence-electron chi connectivity index (χ3n) is 3.53. The average Bonchev–Trinajstić information content (AvgIpc) is 2.65. The highest BCUT2D eigenvalue weighted by Gasteiger charge is 2.10. The highest BCUT2D eigenvalue weighted by molar-refractivity contribution is 6.29. The van der Waals surface area contributed by atoms with Gasteiger partial charge < -0.3 is 15.2 Å². The van der Waals surface area contributed by atoms with Gasteiger partial charge in [0.15, 0.2) is 0 Å². The van der Waals surface area contributed by atoms with Gasteiger partial charge in [0.25, 0.3) is 5.91 Å². The zero-order valence-corrected chi connectivity index (χ0v) is 13.2. The summed E-state index contributed by atoms with van der Waals surface area (Å²) in [5.74, 6) is 0.0195. The normalized spacial score (nSPS) is 10.1. The summed E-state index contributed by atoms with van der Waals surface area (Å²) in [7, 11) is 0. The maximum Gasteiger partial charge on any atom is 0.288 e. The van der Waals surface area contributed by atoms with Crippen LogP contribution in [0.25, 0.3) is 11.1 Å². The van der Waals surface area contributed by atoms with E-state index in [0.29, 0.717) is 11.5 Å². The van der Waals surface area contributed by atoms with Crippen molar-refractivity contribution in [1.82, 2.24) is 0 Å². The number of ether oxygens (including phenoxy) is 1. The van der Waals surface area contributed by atoms with Crippen LogP contribution >= 0.6 is 0 Å². The second kappa shape index (κ2) is 7.31. The van der Waals surface area contributed by atoms with E-state index in [0.717, 1.165) is 11.1 Å². The van der Waals surface area contributed by atoms with Crippen molar-refractivity contribution in [1.29, 1.82) is 0 Å². The Morgan fingerprint density at radius 1 is 0.960 bits per heavy atom. The molecule has 0 fully saturated rings. The summed E-state index contributed by atoms with van der Waals surface area (Å²) >= 11 is 0. The van der Waals surface area contributed by atoms with Crippen molar-refractivity contribution in [2.24, 2.45) is 0 Å². The molecule has 0 aliphatic carbocycles. The Kier molecular flexibility index (Phi) is 4.76. The maximum absolute atomic E-state index is 11.1. The van der Waals surface area contributed by atoms with Gasteiger partial charge in [-0.05, 0) is 23.8 Å². The number of carbonyl (C=O) groups excluding carboxylic acids is 2. The van der Waals surface area contributed by atoms with Crippen LogP contribution in [0.4, 0.5) is 5.69 Å². The minimum absolute atomic E-state index is 0.139. The summed E-state index contributed by atoms with van der Waals surface area (Å²) in [6, 6.07) is 21.8. The van der Waals surface area contributed by atoms with Gasteiger partial charge in [0.1, 0.15) is 17.2 Å². The lowest BCUT2D eigenvalue weighted by Crippen LogP contribution is -2.12. The van der Waals surface area contributed by atoms with E-state index < -0.39 is 5.91 Å². The molecule has 0 atom stereocenters. The molecule has 0 spiro atoms. The van der Waals surface area contributed by atoms with Gasteiger partial charge in [-0.15, -0.1) is 0 Å². The number of hydrogen-bond acceptors (Lipinski definition) is 4. The van der Waals surface area contributed by atoms with E-state index in [4.69, 9.17) is 4.74 Å². The molecule has 0 saturated heterocycles. The van der Waals surface area contributed by atoms with Crippen LogP contribution < -0.4 is 10.1 Å². The summed E-state index contributed by atoms with van der Waals surface area (Å²) in [6.07, 6.45) is 0.139. The Bertz CT molecular complexity index is 907. The van der Waals surface area contributed by atoms with Crippen LogP contribution in [0.1, 0.15) is 0 Å². The quantitative estimate of drug-likeness (QED) is 0.420. The van der Waals surface area contributed by atoms with E-state index in [9.17, 15) is 14.7 Å². The molecular formula is C20H15NO4. The number of aldehydes is 1. The molecule has 3 rings (SSSR count). The predicted octanol–water partition coefficient (Wildman–Crippen LogP) is 3.99. The molecule has 0 aliphatic rings. The minimum atomic E-state index is -0.835. The largest absolute Gasteiger partial charge is 0.506 e. The van der Waals surface area contributed by atoms with Gasteiger partial charge in [-0.3, -0.25) is 9.59 Å². The fourth-order valence-corrected chi connectivity index (χ4v) is 2.38. The molecule has 5 nitrogen and oxygen atoms in total. The van der Waals surface area contributed by atoms with E-state index in [-0.39, 0.29) is 17.7 Å². The van der Waals surface area contributed by atoms with Crippen LogP contribution in [-0.2, 0) is 9.59 Å². The van der Waals surface area contributed by atoms with E-state index in [1.54, 1.807) is 6.07 Å². The van der Waals surface area contributed by atoms with Crippen LogP contribution in [0.2, 0.25) is 0 Å². The molecule has 2 N–H and O–H groups in total. The molecule has 0 heterocycles. The van der Waals surface area contributed by atoms with E-state index in [2.05, 4.69) is 5.32 Å². The van der Waals surface area contributed by atoms with Crippen LogP contribution in [0.5, 0.6) is 17.2 Å². The number of rotatable bonds is 5. The van der Waals surface area contributed by atoms with Gasteiger partial charge in [0, 0.05) is 11.6 Å². The van der Waals surface area contributed by atoms with Crippen LogP contribution in [0.15, 0.2) is 72.8 Å². The summed E-state index contributed by atoms with van der Waals surface area (Å²) in [5.41, 5.74) is 2.07. The van der Waals surface area contributed by atoms with Crippen molar-refractivity contribution >= 4 is 17.9 Å². The standard InChI is InChI=1S/C20H15NO4/c22-13-20(24)21-17-11-10-15(12-18(17)23)25-19-9-5-4-8-16(19)14-6-2-1-3-7-14/h1-13,23H,(H,21,24). The van der Waals surface area contributed by atoms with Crippen molar-refractivity contribution in [3.8, 4) is 28.4 Å². The predicted molar refractivity (Wildman–Crippen MR) is 94.8 cm³/mol. The molecule has 3 aromatic rings.